The molecule has 0 fully saturated rings. The van der Waals surface area contributed by atoms with Crippen LogP contribution in [0.5, 0.6) is 0 Å². The van der Waals surface area contributed by atoms with Crippen molar-refractivity contribution < 1.29 is 17.6 Å². The molecule has 1 aromatic carbocycles. The smallest absolute Gasteiger partial charge is 0.417 e. The van der Waals surface area contributed by atoms with Crippen molar-refractivity contribution in [2.24, 2.45) is 0 Å². The van der Waals surface area contributed by atoms with Crippen molar-refractivity contribution in [1.82, 2.24) is 14.8 Å². The molecule has 0 N–H and O–H groups in total. The molecule has 0 bridgehead atoms. The lowest BCUT2D eigenvalue weighted by Crippen LogP contribution is -2.23. The minimum Gasteiger partial charge on any atom is -0.419 e. The average molecular weight is 356 g/mol. The topological polar surface area (TPSA) is 60.9 Å². The summed E-state index contributed by atoms with van der Waals surface area (Å²) in [5.74, 6) is 0.197. The van der Waals surface area contributed by atoms with E-state index in [2.05, 4.69) is 10.2 Å². The molecule has 0 unspecified atom stereocenters. The van der Waals surface area contributed by atoms with Gasteiger partial charge in [0.1, 0.15) is 11.6 Å². The van der Waals surface area contributed by atoms with Crippen LogP contribution >= 0.6 is 11.6 Å². The largest absolute Gasteiger partial charge is 0.419 e. The van der Waals surface area contributed by atoms with Gasteiger partial charge in [-0.2, -0.15) is 13.2 Å². The number of pyridine rings is 1. The molecule has 0 aliphatic carbocycles. The van der Waals surface area contributed by atoms with Crippen molar-refractivity contribution in [3.8, 4) is 11.5 Å². The van der Waals surface area contributed by atoms with E-state index in [9.17, 15) is 18.0 Å². The Balaban J connectivity index is 1.93. The van der Waals surface area contributed by atoms with E-state index in [0.717, 1.165) is 4.57 Å². The van der Waals surface area contributed by atoms with Crippen molar-refractivity contribution >= 4 is 11.6 Å². The van der Waals surface area contributed by atoms with Gasteiger partial charge in [-0.05, 0) is 18.2 Å². The Morgan fingerprint density at radius 2 is 1.88 bits per heavy atom. The summed E-state index contributed by atoms with van der Waals surface area (Å²) in [6, 6.07) is 9.43. The third kappa shape index (κ3) is 3.33. The SMILES string of the molecule is O=c1c(Cl)cc(C(F)(F)F)cn1Cc1nnc(-c2ccccc2)o1. The molecular weight excluding hydrogens is 347 g/mol. The van der Waals surface area contributed by atoms with Crippen molar-refractivity contribution in [3.05, 3.63) is 69.4 Å². The van der Waals surface area contributed by atoms with Crippen molar-refractivity contribution in [2.75, 3.05) is 0 Å². The number of nitrogens with zero attached hydrogens (tertiary/aromatic N) is 3. The van der Waals surface area contributed by atoms with Gasteiger partial charge in [0.2, 0.25) is 11.8 Å². The first kappa shape index (κ1) is 16.3. The third-order valence-electron chi connectivity index (χ3n) is 3.16. The van der Waals surface area contributed by atoms with E-state index in [1.165, 1.54) is 0 Å². The zero-order valence-corrected chi connectivity index (χ0v) is 12.7. The van der Waals surface area contributed by atoms with Crippen molar-refractivity contribution in [2.45, 2.75) is 12.7 Å². The van der Waals surface area contributed by atoms with Crippen LogP contribution in [0.25, 0.3) is 11.5 Å². The molecule has 0 saturated carbocycles. The summed E-state index contributed by atoms with van der Waals surface area (Å²) in [5.41, 5.74) is -1.15. The van der Waals surface area contributed by atoms with Crippen LogP contribution in [0.1, 0.15) is 11.5 Å². The Hall–Kier alpha value is -2.61. The highest BCUT2D eigenvalue weighted by atomic mass is 35.5. The molecule has 9 heteroatoms. The molecule has 24 heavy (non-hydrogen) atoms. The molecule has 0 amide bonds. The van der Waals surface area contributed by atoms with Gasteiger partial charge in [0.15, 0.2) is 0 Å². The normalized spacial score (nSPS) is 11.7. The summed E-state index contributed by atoms with van der Waals surface area (Å²) in [7, 11) is 0. The summed E-state index contributed by atoms with van der Waals surface area (Å²) in [6.07, 6.45) is -3.95. The Morgan fingerprint density at radius 1 is 1.17 bits per heavy atom. The van der Waals surface area contributed by atoms with Gasteiger partial charge >= 0.3 is 6.18 Å². The Morgan fingerprint density at radius 3 is 2.54 bits per heavy atom. The van der Waals surface area contributed by atoms with E-state index < -0.39 is 22.3 Å². The first-order valence-electron chi connectivity index (χ1n) is 6.69. The first-order chi connectivity index (χ1) is 11.3. The quantitative estimate of drug-likeness (QED) is 0.720. The summed E-state index contributed by atoms with van der Waals surface area (Å²) in [4.78, 5) is 11.9. The number of benzene rings is 1. The molecule has 0 atom stereocenters. The maximum absolute atomic E-state index is 12.8. The average Bonchev–Trinajstić information content (AvgIpc) is 3.00. The van der Waals surface area contributed by atoms with Gasteiger partial charge < -0.3 is 8.98 Å². The van der Waals surface area contributed by atoms with E-state index in [1.807, 2.05) is 6.07 Å². The zero-order valence-electron chi connectivity index (χ0n) is 11.9. The van der Waals surface area contributed by atoms with Crippen LogP contribution in [0.3, 0.4) is 0 Å². The molecule has 5 nitrogen and oxygen atoms in total. The van der Waals surface area contributed by atoms with E-state index in [1.54, 1.807) is 24.3 Å². The monoisotopic (exact) mass is 355 g/mol. The first-order valence-corrected chi connectivity index (χ1v) is 7.07. The maximum atomic E-state index is 12.8. The lowest BCUT2D eigenvalue weighted by molar-refractivity contribution is -0.138. The minimum atomic E-state index is -4.62. The minimum absolute atomic E-state index is 0.00801. The zero-order chi connectivity index (χ0) is 17.3. The summed E-state index contributed by atoms with van der Waals surface area (Å²) in [5, 5.41) is 7.03. The Kier molecular flexibility index (Phi) is 4.15. The van der Waals surface area contributed by atoms with E-state index in [4.69, 9.17) is 16.0 Å². The molecule has 0 spiro atoms. The molecule has 3 aromatic rings. The number of hydrogen-bond acceptors (Lipinski definition) is 4. The van der Waals surface area contributed by atoms with Gasteiger partial charge in [0.05, 0.1) is 5.56 Å². The van der Waals surface area contributed by atoms with Crippen molar-refractivity contribution in [3.63, 3.8) is 0 Å². The fourth-order valence-corrected chi connectivity index (χ4v) is 2.26. The second-order valence-electron chi connectivity index (χ2n) is 4.87. The third-order valence-corrected chi connectivity index (χ3v) is 3.43. The molecular formula is C15H9ClF3N3O2. The van der Waals surface area contributed by atoms with Crippen LogP contribution in [0, 0.1) is 0 Å². The highest BCUT2D eigenvalue weighted by Gasteiger charge is 2.32. The molecule has 124 valence electrons. The van der Waals surface area contributed by atoms with E-state index in [-0.39, 0.29) is 18.3 Å². The molecule has 3 rings (SSSR count). The second kappa shape index (κ2) is 6.12. The lowest BCUT2D eigenvalue weighted by atomic mass is 10.2. The molecule has 0 radical (unpaired) electrons. The second-order valence-corrected chi connectivity index (χ2v) is 5.28. The Labute approximate surface area is 138 Å². The maximum Gasteiger partial charge on any atom is 0.417 e. The van der Waals surface area contributed by atoms with E-state index >= 15 is 0 Å². The lowest BCUT2D eigenvalue weighted by Gasteiger charge is -2.10. The molecule has 0 aliphatic heterocycles. The van der Waals surface area contributed by atoms with Gasteiger partial charge in [0.25, 0.3) is 5.56 Å². The van der Waals surface area contributed by atoms with Gasteiger partial charge in [0, 0.05) is 11.8 Å². The summed E-state index contributed by atoms with van der Waals surface area (Å²) in [6.45, 7) is -0.317. The summed E-state index contributed by atoms with van der Waals surface area (Å²) >= 11 is 5.59. The van der Waals surface area contributed by atoms with Crippen LogP contribution in [0.2, 0.25) is 5.02 Å². The van der Waals surface area contributed by atoms with E-state index in [0.29, 0.717) is 17.8 Å². The number of halogens is 4. The Bertz CT molecular complexity index is 920. The highest BCUT2D eigenvalue weighted by molar-refractivity contribution is 6.30. The fourth-order valence-electron chi connectivity index (χ4n) is 2.03. The molecule has 0 saturated heterocycles. The summed E-state index contributed by atoms with van der Waals surface area (Å²) < 4.78 is 44.6. The number of rotatable bonds is 3. The van der Waals surface area contributed by atoms with Crippen LogP contribution < -0.4 is 5.56 Å². The van der Waals surface area contributed by atoms with Gasteiger partial charge in [-0.25, -0.2) is 0 Å². The van der Waals surface area contributed by atoms with Crippen LogP contribution in [-0.4, -0.2) is 14.8 Å². The predicted octanol–water partition coefficient (Wildman–Crippen LogP) is 3.62. The van der Waals surface area contributed by atoms with Crippen LogP contribution in [0.15, 0.2) is 51.8 Å². The predicted molar refractivity (Wildman–Crippen MR) is 79.6 cm³/mol. The highest BCUT2D eigenvalue weighted by Crippen LogP contribution is 2.29. The fraction of sp³-hybridized carbons (Fsp3) is 0.133. The number of alkyl halides is 3. The van der Waals surface area contributed by atoms with Crippen LogP contribution in [0.4, 0.5) is 13.2 Å². The molecule has 2 aromatic heterocycles. The van der Waals surface area contributed by atoms with Gasteiger partial charge in [-0.15, -0.1) is 10.2 Å². The van der Waals surface area contributed by atoms with Gasteiger partial charge in [-0.3, -0.25) is 4.79 Å². The molecule has 0 aliphatic rings. The standard InChI is InChI=1S/C15H9ClF3N3O2/c16-11-6-10(15(17,18)19)7-22(14(11)23)8-12-20-21-13(24-12)9-4-2-1-3-5-9/h1-7H,8H2. The van der Waals surface area contributed by atoms with Crippen molar-refractivity contribution in [1.29, 1.82) is 0 Å². The number of hydrogen-bond donors (Lipinski definition) is 0. The van der Waals surface area contributed by atoms with Crippen LogP contribution in [-0.2, 0) is 12.7 Å². The van der Waals surface area contributed by atoms with Gasteiger partial charge in [-0.1, -0.05) is 29.8 Å². The molecule has 2 heterocycles. The number of aromatic nitrogens is 3.